The Hall–Kier alpha value is -1.43. The Kier molecular flexibility index (Phi) is 6.16. The minimum atomic E-state index is -0.307. The maximum atomic E-state index is 6.31. The molecule has 2 rings (SSSR count). The lowest BCUT2D eigenvalue weighted by atomic mass is 9.85. The molecule has 0 aliphatic carbocycles. The van der Waals surface area contributed by atoms with E-state index in [2.05, 4.69) is 61.1 Å². The fourth-order valence-corrected chi connectivity index (χ4v) is 3.02. The van der Waals surface area contributed by atoms with E-state index in [0.29, 0.717) is 10.0 Å². The second kappa shape index (κ2) is 7.67. The number of hydrogen-bond acceptors (Lipinski definition) is 4. The SMILES string of the molecule is CN(C)C(C)(C)c1nnnn1[C@@H](/C=C\c1ccc(Cl)cc1Cl)C(C)(C)C. The van der Waals surface area contributed by atoms with Crippen LogP contribution in [0.2, 0.25) is 10.0 Å². The Morgan fingerprint density at radius 2 is 1.77 bits per heavy atom. The van der Waals surface area contributed by atoms with Crippen molar-refractivity contribution >= 4 is 29.3 Å². The standard InChI is InChI=1S/C19H27Cl2N5/c1-18(2,3)16(11-9-13-8-10-14(20)12-15(13)21)26-17(22-23-24-26)19(4,5)25(6)7/h8-12,16H,1-7H3/b11-9-/t16-/m0/s1. The van der Waals surface area contributed by atoms with E-state index in [1.807, 2.05) is 37.0 Å². The molecule has 5 nitrogen and oxygen atoms in total. The van der Waals surface area contributed by atoms with Crippen molar-refractivity contribution in [3.05, 3.63) is 45.7 Å². The molecule has 0 N–H and O–H groups in total. The van der Waals surface area contributed by atoms with Gasteiger partial charge in [-0.1, -0.05) is 62.2 Å². The van der Waals surface area contributed by atoms with E-state index in [0.717, 1.165) is 11.4 Å². The first-order valence-corrected chi connectivity index (χ1v) is 9.29. The highest BCUT2D eigenvalue weighted by molar-refractivity contribution is 6.35. The summed E-state index contributed by atoms with van der Waals surface area (Å²) in [6, 6.07) is 5.44. The van der Waals surface area contributed by atoms with Gasteiger partial charge in [0.2, 0.25) is 0 Å². The molecule has 0 unspecified atom stereocenters. The van der Waals surface area contributed by atoms with Crippen LogP contribution in [0.15, 0.2) is 24.3 Å². The molecule has 0 spiro atoms. The minimum absolute atomic E-state index is 0.0431. The maximum absolute atomic E-state index is 6.31. The van der Waals surface area contributed by atoms with Crippen LogP contribution in [0.5, 0.6) is 0 Å². The molecule has 0 saturated heterocycles. The lowest BCUT2D eigenvalue weighted by molar-refractivity contribution is 0.163. The summed E-state index contributed by atoms with van der Waals surface area (Å²) in [5.74, 6) is 0.814. The molecule has 2 aromatic rings. The summed E-state index contributed by atoms with van der Waals surface area (Å²) in [6.07, 6.45) is 4.10. The van der Waals surface area contributed by atoms with Gasteiger partial charge in [-0.25, -0.2) is 4.68 Å². The Bertz CT molecular complexity index is 787. The molecule has 1 atom stereocenters. The molecule has 0 bridgehead atoms. The Balaban J connectivity index is 2.48. The summed E-state index contributed by atoms with van der Waals surface area (Å²) in [6.45, 7) is 10.7. The summed E-state index contributed by atoms with van der Waals surface area (Å²) in [5.41, 5.74) is 0.507. The summed E-state index contributed by atoms with van der Waals surface area (Å²) in [7, 11) is 4.04. The van der Waals surface area contributed by atoms with Gasteiger partial charge in [0.25, 0.3) is 0 Å². The van der Waals surface area contributed by atoms with Gasteiger partial charge in [-0.3, -0.25) is 4.90 Å². The van der Waals surface area contributed by atoms with Crippen LogP contribution in [0.25, 0.3) is 6.08 Å². The average molecular weight is 396 g/mol. The normalized spacial score (nSPS) is 14.4. The van der Waals surface area contributed by atoms with Crippen LogP contribution in [0, 0.1) is 5.41 Å². The third-order valence-corrected chi connectivity index (χ3v) is 5.29. The molecule has 1 aromatic carbocycles. The van der Waals surface area contributed by atoms with E-state index < -0.39 is 0 Å². The molecule has 0 aliphatic heterocycles. The molecule has 7 heteroatoms. The number of aromatic nitrogens is 4. The van der Waals surface area contributed by atoms with E-state index in [1.54, 1.807) is 6.07 Å². The largest absolute Gasteiger partial charge is 0.297 e. The topological polar surface area (TPSA) is 46.8 Å². The smallest absolute Gasteiger partial charge is 0.171 e. The average Bonchev–Trinajstić information content (AvgIpc) is 2.97. The highest BCUT2D eigenvalue weighted by Gasteiger charge is 2.35. The van der Waals surface area contributed by atoms with Crippen LogP contribution in [0.4, 0.5) is 0 Å². The predicted molar refractivity (Wildman–Crippen MR) is 109 cm³/mol. The van der Waals surface area contributed by atoms with Gasteiger partial charge >= 0.3 is 0 Å². The second-order valence-electron chi connectivity index (χ2n) is 8.24. The number of nitrogens with zero attached hydrogens (tertiary/aromatic N) is 5. The van der Waals surface area contributed by atoms with Crippen LogP contribution in [-0.4, -0.2) is 39.2 Å². The van der Waals surface area contributed by atoms with E-state index in [1.165, 1.54) is 0 Å². The van der Waals surface area contributed by atoms with Crippen molar-refractivity contribution in [1.82, 2.24) is 25.1 Å². The Labute approximate surface area is 166 Å². The molecular weight excluding hydrogens is 369 g/mol. The van der Waals surface area contributed by atoms with Crippen molar-refractivity contribution in [3.63, 3.8) is 0 Å². The first-order valence-electron chi connectivity index (χ1n) is 8.53. The Morgan fingerprint density at radius 3 is 2.31 bits per heavy atom. The van der Waals surface area contributed by atoms with Gasteiger partial charge in [0.1, 0.15) is 0 Å². The van der Waals surface area contributed by atoms with Gasteiger partial charge in [-0.05, 0) is 61.5 Å². The molecule has 0 aliphatic rings. The number of allylic oxidation sites excluding steroid dienone is 1. The highest BCUT2D eigenvalue weighted by Crippen LogP contribution is 2.35. The van der Waals surface area contributed by atoms with Crippen molar-refractivity contribution in [1.29, 1.82) is 0 Å². The van der Waals surface area contributed by atoms with Gasteiger partial charge in [0.05, 0.1) is 11.6 Å². The number of rotatable bonds is 5. The van der Waals surface area contributed by atoms with Crippen LogP contribution >= 0.6 is 23.2 Å². The lowest BCUT2D eigenvalue weighted by Crippen LogP contribution is -2.40. The molecule has 1 aromatic heterocycles. The monoisotopic (exact) mass is 395 g/mol. The number of halogens is 2. The minimum Gasteiger partial charge on any atom is -0.297 e. The maximum Gasteiger partial charge on any atom is 0.171 e. The zero-order valence-corrected chi connectivity index (χ0v) is 18.0. The van der Waals surface area contributed by atoms with E-state index in [4.69, 9.17) is 23.2 Å². The number of hydrogen-bond donors (Lipinski definition) is 0. The highest BCUT2D eigenvalue weighted by atomic mass is 35.5. The van der Waals surface area contributed by atoms with Gasteiger partial charge < -0.3 is 0 Å². The molecule has 0 radical (unpaired) electrons. The predicted octanol–water partition coefficient (Wildman–Crippen LogP) is 5.08. The third kappa shape index (κ3) is 4.45. The van der Waals surface area contributed by atoms with Crippen LogP contribution in [0.3, 0.4) is 0 Å². The molecule has 26 heavy (non-hydrogen) atoms. The first kappa shape index (κ1) is 20.9. The zero-order valence-electron chi connectivity index (χ0n) is 16.5. The van der Waals surface area contributed by atoms with Crippen molar-refractivity contribution in [2.24, 2.45) is 5.41 Å². The molecule has 1 heterocycles. The van der Waals surface area contributed by atoms with Gasteiger partial charge in [0.15, 0.2) is 5.82 Å². The zero-order chi connectivity index (χ0) is 19.7. The summed E-state index contributed by atoms with van der Waals surface area (Å²) < 4.78 is 1.90. The van der Waals surface area contributed by atoms with Crippen LogP contribution in [-0.2, 0) is 5.54 Å². The van der Waals surface area contributed by atoms with Crippen molar-refractivity contribution in [2.75, 3.05) is 14.1 Å². The van der Waals surface area contributed by atoms with E-state index >= 15 is 0 Å². The number of tetrazole rings is 1. The molecular formula is C19H27Cl2N5. The van der Waals surface area contributed by atoms with Crippen molar-refractivity contribution in [2.45, 2.75) is 46.2 Å². The quantitative estimate of drug-likeness (QED) is 0.707. The summed E-state index contributed by atoms with van der Waals surface area (Å²) in [5, 5.41) is 13.8. The summed E-state index contributed by atoms with van der Waals surface area (Å²) >= 11 is 12.3. The Morgan fingerprint density at radius 1 is 1.12 bits per heavy atom. The van der Waals surface area contributed by atoms with E-state index in [9.17, 15) is 0 Å². The van der Waals surface area contributed by atoms with Gasteiger partial charge in [0, 0.05) is 10.0 Å². The summed E-state index contributed by atoms with van der Waals surface area (Å²) in [4.78, 5) is 2.11. The van der Waals surface area contributed by atoms with Gasteiger partial charge in [-0.2, -0.15) is 0 Å². The lowest BCUT2D eigenvalue weighted by Gasteiger charge is -2.35. The van der Waals surface area contributed by atoms with Crippen molar-refractivity contribution in [3.8, 4) is 0 Å². The third-order valence-electron chi connectivity index (χ3n) is 4.73. The first-order chi connectivity index (χ1) is 11.9. The fraction of sp³-hybridized carbons (Fsp3) is 0.526. The van der Waals surface area contributed by atoms with Crippen molar-refractivity contribution < 1.29 is 0 Å². The van der Waals surface area contributed by atoms with Gasteiger partial charge in [-0.15, -0.1) is 5.10 Å². The number of benzene rings is 1. The molecule has 0 saturated carbocycles. The molecule has 0 fully saturated rings. The van der Waals surface area contributed by atoms with Crippen LogP contribution < -0.4 is 0 Å². The van der Waals surface area contributed by atoms with Crippen LogP contribution in [0.1, 0.15) is 52.0 Å². The molecule has 142 valence electrons. The molecule has 0 amide bonds. The second-order valence-corrected chi connectivity index (χ2v) is 9.08. The van der Waals surface area contributed by atoms with E-state index in [-0.39, 0.29) is 17.0 Å². The fourth-order valence-electron chi connectivity index (χ4n) is 2.55.